The zero-order valence-corrected chi connectivity index (χ0v) is 11.2. The number of hydrogen-bond acceptors (Lipinski definition) is 7. The highest BCUT2D eigenvalue weighted by Gasteiger charge is 2.46. The lowest BCUT2D eigenvalue weighted by atomic mass is 10.0. The Kier molecular flexibility index (Phi) is 7.40. The van der Waals surface area contributed by atoms with Crippen molar-refractivity contribution >= 4 is 5.97 Å². The molecule has 0 aromatic carbocycles. The first kappa shape index (κ1) is 18.6. The van der Waals surface area contributed by atoms with Crippen molar-refractivity contribution in [1.29, 1.82) is 0 Å². The highest BCUT2D eigenvalue weighted by Crippen LogP contribution is 2.25. The number of carboxylic acids is 1. The third-order valence-electron chi connectivity index (χ3n) is 2.55. The SMILES string of the molecule is C=CC(=O)O.CC(C)=C(O)[C@@H](O)[C@H]1OC(O)[C@H](O)[C@H]1O. The monoisotopic (exact) mass is 292 g/mol. The van der Waals surface area contributed by atoms with Gasteiger partial charge in [-0.2, -0.15) is 0 Å². The molecule has 1 aliphatic rings. The zero-order valence-electron chi connectivity index (χ0n) is 11.2. The van der Waals surface area contributed by atoms with Crippen molar-refractivity contribution in [2.24, 2.45) is 0 Å². The predicted molar refractivity (Wildman–Crippen MR) is 67.7 cm³/mol. The molecule has 1 heterocycles. The summed E-state index contributed by atoms with van der Waals surface area (Å²) in [6.07, 6.45) is -6.32. The molecule has 0 amide bonds. The van der Waals surface area contributed by atoms with Gasteiger partial charge in [-0.05, 0) is 19.4 Å². The number of hydrogen-bond donors (Lipinski definition) is 6. The number of ether oxygens (including phenoxy) is 1. The normalized spacial score (nSPS) is 29.9. The van der Waals surface area contributed by atoms with Crippen LogP contribution < -0.4 is 0 Å². The standard InChI is InChI=1S/C9H16O6.C3H4O2/c1-3(2)4(10)5(11)8-6(12)7(13)9(14)15-8;1-2-3(4)5/h5-14H,1-2H3;2H,1H2,(H,4,5)/t5-,6-,7-,8-,9?;/m1./s1. The third kappa shape index (κ3) is 4.91. The molecule has 1 rings (SSSR count). The van der Waals surface area contributed by atoms with Crippen molar-refractivity contribution in [3.63, 3.8) is 0 Å². The van der Waals surface area contributed by atoms with Gasteiger partial charge in [0.1, 0.15) is 30.2 Å². The van der Waals surface area contributed by atoms with Crippen LogP contribution in [0.2, 0.25) is 0 Å². The van der Waals surface area contributed by atoms with Crippen LogP contribution in [0.5, 0.6) is 0 Å². The summed E-state index contributed by atoms with van der Waals surface area (Å²) in [5.74, 6) is -1.31. The lowest BCUT2D eigenvalue weighted by Gasteiger charge is -2.20. The molecule has 116 valence electrons. The topological polar surface area (TPSA) is 148 Å². The van der Waals surface area contributed by atoms with Gasteiger partial charge in [-0.3, -0.25) is 0 Å². The Morgan fingerprint density at radius 1 is 1.20 bits per heavy atom. The number of aliphatic hydroxyl groups is 5. The maximum Gasteiger partial charge on any atom is 0.327 e. The minimum Gasteiger partial charge on any atom is -0.510 e. The van der Waals surface area contributed by atoms with Crippen LogP contribution in [-0.2, 0) is 9.53 Å². The van der Waals surface area contributed by atoms with Crippen LogP contribution in [0.15, 0.2) is 24.0 Å². The molecule has 0 saturated carbocycles. The number of carboxylic acid groups (broad SMARTS) is 1. The van der Waals surface area contributed by atoms with E-state index in [0.717, 1.165) is 6.08 Å². The van der Waals surface area contributed by atoms with E-state index in [2.05, 4.69) is 6.58 Å². The fraction of sp³-hybridized carbons (Fsp3) is 0.583. The van der Waals surface area contributed by atoms with E-state index in [0.29, 0.717) is 5.57 Å². The maximum absolute atomic E-state index is 9.58. The quantitative estimate of drug-likeness (QED) is 0.283. The largest absolute Gasteiger partial charge is 0.510 e. The Balaban J connectivity index is 0.000000621. The number of aliphatic carboxylic acids is 1. The van der Waals surface area contributed by atoms with Gasteiger partial charge < -0.3 is 35.4 Å². The van der Waals surface area contributed by atoms with Crippen molar-refractivity contribution in [1.82, 2.24) is 0 Å². The van der Waals surface area contributed by atoms with Crippen molar-refractivity contribution in [3.8, 4) is 0 Å². The first-order chi connectivity index (χ1) is 9.13. The van der Waals surface area contributed by atoms with Crippen LogP contribution in [0.1, 0.15) is 13.8 Å². The van der Waals surface area contributed by atoms with Gasteiger partial charge in [-0.25, -0.2) is 4.79 Å². The van der Waals surface area contributed by atoms with E-state index in [1.54, 1.807) is 13.8 Å². The van der Waals surface area contributed by atoms with E-state index in [1.165, 1.54) is 0 Å². The Labute approximate surface area is 115 Å². The van der Waals surface area contributed by atoms with Gasteiger partial charge in [0.05, 0.1) is 0 Å². The highest BCUT2D eigenvalue weighted by atomic mass is 16.6. The summed E-state index contributed by atoms with van der Waals surface area (Å²) in [6.45, 7) is 6.11. The molecule has 0 spiro atoms. The van der Waals surface area contributed by atoms with E-state index in [-0.39, 0.29) is 5.76 Å². The first-order valence-electron chi connectivity index (χ1n) is 5.72. The lowest BCUT2D eigenvalue weighted by Crippen LogP contribution is -2.40. The summed E-state index contributed by atoms with van der Waals surface area (Å²) in [5.41, 5.74) is 0.467. The molecule has 1 saturated heterocycles. The second-order valence-electron chi connectivity index (χ2n) is 4.34. The summed E-state index contributed by atoms with van der Waals surface area (Å²) < 4.78 is 4.73. The number of aliphatic hydroxyl groups excluding tert-OH is 5. The van der Waals surface area contributed by atoms with Gasteiger partial charge in [0.2, 0.25) is 0 Å². The summed E-state index contributed by atoms with van der Waals surface area (Å²) in [6, 6.07) is 0. The highest BCUT2D eigenvalue weighted by molar-refractivity contribution is 5.78. The molecule has 6 N–H and O–H groups in total. The first-order valence-corrected chi connectivity index (χ1v) is 5.72. The number of allylic oxidation sites excluding steroid dienone is 1. The van der Waals surface area contributed by atoms with Crippen molar-refractivity contribution in [3.05, 3.63) is 24.0 Å². The van der Waals surface area contributed by atoms with Crippen LogP contribution in [-0.4, -0.2) is 67.3 Å². The third-order valence-corrected chi connectivity index (χ3v) is 2.55. The van der Waals surface area contributed by atoms with Crippen LogP contribution in [0.25, 0.3) is 0 Å². The van der Waals surface area contributed by atoms with E-state index >= 15 is 0 Å². The fourth-order valence-electron chi connectivity index (χ4n) is 1.40. The Hall–Kier alpha value is -1.45. The van der Waals surface area contributed by atoms with E-state index in [1.807, 2.05) is 0 Å². The molecule has 0 aromatic rings. The average molecular weight is 292 g/mol. The van der Waals surface area contributed by atoms with Gasteiger partial charge in [-0.1, -0.05) is 6.58 Å². The molecule has 1 unspecified atom stereocenters. The second-order valence-corrected chi connectivity index (χ2v) is 4.34. The Morgan fingerprint density at radius 2 is 1.65 bits per heavy atom. The van der Waals surface area contributed by atoms with Crippen LogP contribution in [0.3, 0.4) is 0 Å². The molecule has 8 heteroatoms. The maximum atomic E-state index is 9.58. The molecule has 20 heavy (non-hydrogen) atoms. The number of rotatable bonds is 3. The molecule has 8 nitrogen and oxygen atoms in total. The molecule has 1 fully saturated rings. The Bertz CT molecular complexity index is 374. The van der Waals surface area contributed by atoms with Gasteiger partial charge in [-0.15, -0.1) is 0 Å². The van der Waals surface area contributed by atoms with Crippen molar-refractivity contribution < 1.29 is 40.2 Å². The molecule has 0 bridgehead atoms. The van der Waals surface area contributed by atoms with Crippen molar-refractivity contribution in [2.45, 2.75) is 44.6 Å². The molecule has 5 atom stereocenters. The summed E-state index contributed by atoms with van der Waals surface area (Å²) in [5, 5.41) is 54.2. The van der Waals surface area contributed by atoms with Crippen LogP contribution in [0, 0.1) is 0 Å². The minimum atomic E-state index is -1.55. The number of carbonyl (C=O) groups is 1. The molecular formula is C12H20O8. The zero-order chi connectivity index (χ0) is 16.0. The lowest BCUT2D eigenvalue weighted by molar-refractivity contribution is -0.144. The van der Waals surface area contributed by atoms with Gasteiger partial charge >= 0.3 is 5.97 Å². The minimum absolute atomic E-state index is 0.333. The average Bonchev–Trinajstić information content (AvgIpc) is 2.65. The van der Waals surface area contributed by atoms with Crippen LogP contribution in [0.4, 0.5) is 0 Å². The Morgan fingerprint density at radius 3 is 1.90 bits per heavy atom. The molecule has 0 aromatic heterocycles. The van der Waals surface area contributed by atoms with Gasteiger partial charge in [0, 0.05) is 6.08 Å². The smallest absolute Gasteiger partial charge is 0.327 e. The summed E-state index contributed by atoms with van der Waals surface area (Å²) in [4.78, 5) is 9.25. The molecule has 0 aliphatic carbocycles. The van der Waals surface area contributed by atoms with Crippen LogP contribution >= 0.6 is 0 Å². The van der Waals surface area contributed by atoms with Gasteiger partial charge in [0.15, 0.2) is 6.29 Å². The summed E-state index contributed by atoms with van der Waals surface area (Å²) >= 11 is 0. The van der Waals surface area contributed by atoms with E-state index in [4.69, 9.17) is 14.9 Å². The van der Waals surface area contributed by atoms with E-state index in [9.17, 15) is 25.2 Å². The fourth-order valence-corrected chi connectivity index (χ4v) is 1.40. The van der Waals surface area contributed by atoms with Gasteiger partial charge in [0.25, 0.3) is 0 Å². The molecule has 1 aliphatic heterocycles. The second kappa shape index (κ2) is 7.98. The molecule has 0 radical (unpaired) electrons. The molecular weight excluding hydrogens is 272 g/mol. The predicted octanol–water partition coefficient (Wildman–Crippen LogP) is -1.10. The summed E-state index contributed by atoms with van der Waals surface area (Å²) in [7, 11) is 0. The van der Waals surface area contributed by atoms with E-state index < -0.39 is 36.7 Å². The van der Waals surface area contributed by atoms with Crippen molar-refractivity contribution in [2.75, 3.05) is 0 Å².